The number of carbonyl (C=O) groups excluding carboxylic acids is 1. The van der Waals surface area contributed by atoms with Gasteiger partial charge in [0.1, 0.15) is 12.4 Å². The molecule has 2 aliphatic heterocycles. The quantitative estimate of drug-likeness (QED) is 0.703. The molecule has 1 saturated heterocycles. The molecule has 1 fully saturated rings. The average Bonchev–Trinajstić information content (AvgIpc) is 3.19. The maximum absolute atomic E-state index is 14.0. The average molecular weight is 451 g/mol. The summed E-state index contributed by atoms with van der Waals surface area (Å²) in [7, 11) is 0. The van der Waals surface area contributed by atoms with Crippen LogP contribution in [0, 0.1) is 0 Å². The van der Waals surface area contributed by atoms with Crippen molar-refractivity contribution in [1.82, 2.24) is 10.3 Å². The number of rotatable bonds is 6. The lowest BCUT2D eigenvalue weighted by molar-refractivity contribution is -0.103. The third-order valence-electron chi connectivity index (χ3n) is 5.67. The predicted octanol–water partition coefficient (Wildman–Crippen LogP) is 3.07. The van der Waals surface area contributed by atoms with E-state index in [4.69, 9.17) is 9.47 Å². The molecule has 2 aromatic rings. The van der Waals surface area contributed by atoms with Crippen LogP contribution in [0.5, 0.6) is 5.88 Å². The highest BCUT2D eigenvalue weighted by atomic mass is 19.3. The Kier molecular flexibility index (Phi) is 6.25. The van der Waals surface area contributed by atoms with Crippen molar-refractivity contribution >= 4 is 11.7 Å². The van der Waals surface area contributed by atoms with E-state index in [0.29, 0.717) is 30.9 Å². The number of ether oxygens (including phenoxy) is 2. The van der Waals surface area contributed by atoms with E-state index in [1.165, 1.54) is 18.2 Å². The third kappa shape index (κ3) is 4.51. The molecule has 10 heteroatoms. The Bertz CT molecular complexity index is 1000. The second-order valence-corrected chi connectivity index (χ2v) is 7.97. The number of aliphatic hydroxyl groups is 1. The standard InChI is InChI=1S/C22H24F3N3O4/c1-13(17-3-5-19(27-21(17)32-12-23)28-7-6-16(29)9-28)26-20(30)14-2-4-18-15(8-14)10-31-11-22(18,24)25/h2-5,8,13,16,29H,6-7,9-12H2,1H3,(H,26,30)/t13-,16+/m0/s1. The van der Waals surface area contributed by atoms with E-state index < -0.39 is 37.4 Å². The molecule has 0 unspecified atom stereocenters. The zero-order valence-corrected chi connectivity index (χ0v) is 17.5. The first-order chi connectivity index (χ1) is 15.3. The van der Waals surface area contributed by atoms with Gasteiger partial charge in [-0.25, -0.2) is 4.39 Å². The lowest BCUT2D eigenvalue weighted by Crippen LogP contribution is -2.30. The number of hydrogen-bond acceptors (Lipinski definition) is 6. The van der Waals surface area contributed by atoms with Gasteiger partial charge in [-0.1, -0.05) is 6.07 Å². The van der Waals surface area contributed by atoms with Gasteiger partial charge in [-0.05, 0) is 43.2 Å². The fourth-order valence-corrected chi connectivity index (χ4v) is 4.00. The molecular formula is C22H24F3N3O4. The number of pyridine rings is 1. The van der Waals surface area contributed by atoms with Crippen molar-refractivity contribution < 1.29 is 32.5 Å². The molecule has 0 saturated carbocycles. The maximum Gasteiger partial charge on any atom is 0.296 e. The number of nitrogens with zero attached hydrogens (tertiary/aromatic N) is 2. The number of β-amino-alcohol motifs (C(OH)–C–C–N with tert-alkyl or cyclic N) is 1. The number of nitrogens with one attached hydrogen (secondary N) is 1. The highest BCUT2D eigenvalue weighted by molar-refractivity contribution is 5.94. The lowest BCUT2D eigenvalue weighted by Gasteiger charge is -2.26. The minimum Gasteiger partial charge on any atom is -0.445 e. The molecule has 0 aliphatic carbocycles. The number of fused-ring (bicyclic) bond motifs is 1. The smallest absolute Gasteiger partial charge is 0.296 e. The van der Waals surface area contributed by atoms with E-state index >= 15 is 0 Å². The van der Waals surface area contributed by atoms with E-state index in [0.717, 1.165) is 0 Å². The van der Waals surface area contributed by atoms with Crippen LogP contribution >= 0.6 is 0 Å². The molecule has 0 spiro atoms. The molecule has 2 aliphatic rings. The van der Waals surface area contributed by atoms with E-state index in [1.54, 1.807) is 19.1 Å². The molecule has 1 amide bonds. The number of hydrogen-bond donors (Lipinski definition) is 2. The SMILES string of the molecule is C[C@H](NC(=O)c1ccc2c(c1)COCC2(F)F)c1ccc(N2CC[C@@H](O)C2)nc1OCF. The fraction of sp³-hybridized carbons (Fsp3) is 0.455. The van der Waals surface area contributed by atoms with Crippen LogP contribution in [0.2, 0.25) is 0 Å². The predicted molar refractivity (Wildman–Crippen MR) is 110 cm³/mol. The molecule has 0 radical (unpaired) electrons. The molecule has 2 N–H and O–H groups in total. The number of anilines is 1. The van der Waals surface area contributed by atoms with Crippen LogP contribution in [0.4, 0.5) is 19.0 Å². The van der Waals surface area contributed by atoms with Gasteiger partial charge in [0.05, 0.1) is 18.8 Å². The number of carbonyl (C=O) groups is 1. The number of aromatic nitrogens is 1. The first-order valence-corrected chi connectivity index (χ1v) is 10.3. The number of halogens is 3. The van der Waals surface area contributed by atoms with E-state index in [1.807, 2.05) is 4.90 Å². The van der Waals surface area contributed by atoms with Gasteiger partial charge in [-0.2, -0.15) is 13.8 Å². The normalized spacial score (nSPS) is 20.5. The Morgan fingerprint density at radius 1 is 1.41 bits per heavy atom. The van der Waals surface area contributed by atoms with Crippen LogP contribution in [0.1, 0.15) is 46.4 Å². The van der Waals surface area contributed by atoms with Gasteiger partial charge in [0.25, 0.3) is 11.8 Å². The van der Waals surface area contributed by atoms with E-state index in [2.05, 4.69) is 10.3 Å². The summed E-state index contributed by atoms with van der Waals surface area (Å²) < 4.78 is 50.9. The van der Waals surface area contributed by atoms with Crippen molar-refractivity contribution in [3.8, 4) is 5.88 Å². The topological polar surface area (TPSA) is 83.9 Å². The number of benzene rings is 1. The Hall–Kier alpha value is -2.85. The molecule has 1 aromatic carbocycles. The van der Waals surface area contributed by atoms with Gasteiger partial charge in [0.15, 0.2) is 0 Å². The molecule has 0 bridgehead atoms. The van der Waals surface area contributed by atoms with Gasteiger partial charge in [0, 0.05) is 29.8 Å². The van der Waals surface area contributed by atoms with E-state index in [9.17, 15) is 23.1 Å². The monoisotopic (exact) mass is 451 g/mol. The highest BCUT2D eigenvalue weighted by Gasteiger charge is 2.37. The molecule has 3 heterocycles. The summed E-state index contributed by atoms with van der Waals surface area (Å²) in [6, 6.07) is 6.80. The summed E-state index contributed by atoms with van der Waals surface area (Å²) >= 11 is 0. The summed E-state index contributed by atoms with van der Waals surface area (Å²) in [4.78, 5) is 19.0. The van der Waals surface area contributed by atoms with Crippen molar-refractivity contribution in [3.05, 3.63) is 52.6 Å². The van der Waals surface area contributed by atoms with Gasteiger partial charge >= 0.3 is 0 Å². The number of alkyl halides is 3. The molecular weight excluding hydrogens is 427 g/mol. The molecule has 1 aromatic heterocycles. The van der Waals surface area contributed by atoms with Crippen LogP contribution < -0.4 is 15.0 Å². The molecule has 32 heavy (non-hydrogen) atoms. The van der Waals surface area contributed by atoms with Crippen LogP contribution in [-0.2, 0) is 17.3 Å². The second kappa shape index (κ2) is 8.95. The summed E-state index contributed by atoms with van der Waals surface area (Å²) in [5.41, 5.74) is 0.799. The zero-order valence-electron chi connectivity index (χ0n) is 17.5. The Balaban J connectivity index is 1.52. The van der Waals surface area contributed by atoms with Gasteiger partial charge in [0.2, 0.25) is 12.7 Å². The maximum atomic E-state index is 14.0. The van der Waals surface area contributed by atoms with Crippen molar-refractivity contribution in [2.24, 2.45) is 0 Å². The van der Waals surface area contributed by atoms with Crippen LogP contribution in [0.3, 0.4) is 0 Å². The van der Waals surface area contributed by atoms with E-state index in [-0.39, 0.29) is 29.2 Å². The van der Waals surface area contributed by atoms with Crippen molar-refractivity contribution in [2.75, 3.05) is 31.5 Å². The summed E-state index contributed by atoms with van der Waals surface area (Å²) in [5.74, 6) is -2.99. The Morgan fingerprint density at radius 3 is 2.94 bits per heavy atom. The summed E-state index contributed by atoms with van der Waals surface area (Å²) in [5, 5.41) is 12.5. The highest BCUT2D eigenvalue weighted by Crippen LogP contribution is 2.36. The van der Waals surface area contributed by atoms with Crippen molar-refractivity contribution in [2.45, 2.75) is 38.0 Å². The minimum atomic E-state index is -3.09. The minimum absolute atomic E-state index is 0.00661. The molecule has 172 valence electrons. The zero-order chi connectivity index (χ0) is 22.9. The first kappa shape index (κ1) is 22.3. The molecule has 4 rings (SSSR count). The van der Waals surface area contributed by atoms with Crippen LogP contribution in [0.15, 0.2) is 30.3 Å². The lowest BCUT2D eigenvalue weighted by atomic mass is 9.97. The van der Waals surface area contributed by atoms with Gasteiger partial charge in [-0.15, -0.1) is 0 Å². The van der Waals surface area contributed by atoms with Crippen LogP contribution in [-0.4, -0.2) is 48.7 Å². The number of aliphatic hydroxyl groups excluding tert-OH is 1. The fourth-order valence-electron chi connectivity index (χ4n) is 4.00. The summed E-state index contributed by atoms with van der Waals surface area (Å²) in [6.45, 7) is 0.970. The largest absolute Gasteiger partial charge is 0.445 e. The van der Waals surface area contributed by atoms with Crippen molar-refractivity contribution in [1.29, 1.82) is 0 Å². The van der Waals surface area contributed by atoms with Crippen molar-refractivity contribution in [3.63, 3.8) is 0 Å². The molecule has 7 nitrogen and oxygen atoms in total. The summed E-state index contributed by atoms with van der Waals surface area (Å²) in [6.07, 6.45) is 0.176. The first-order valence-electron chi connectivity index (χ1n) is 10.3. The molecule has 2 atom stereocenters. The number of amides is 1. The van der Waals surface area contributed by atoms with Gasteiger partial charge < -0.3 is 24.8 Å². The van der Waals surface area contributed by atoms with Gasteiger partial charge in [-0.3, -0.25) is 4.79 Å². The Labute approximate surface area is 183 Å². The third-order valence-corrected chi connectivity index (χ3v) is 5.67. The second-order valence-electron chi connectivity index (χ2n) is 7.97. The van der Waals surface area contributed by atoms with Crippen LogP contribution in [0.25, 0.3) is 0 Å². The Morgan fingerprint density at radius 2 is 2.22 bits per heavy atom.